The predicted octanol–water partition coefficient (Wildman–Crippen LogP) is 1.44. The molecule has 5 nitrogen and oxygen atoms in total. The predicted molar refractivity (Wildman–Crippen MR) is 70.1 cm³/mol. The molecule has 0 N–H and O–H groups in total. The molecule has 18 heavy (non-hydrogen) atoms. The number of rotatable bonds is 3. The second kappa shape index (κ2) is 4.64. The lowest BCUT2D eigenvalue weighted by Gasteiger charge is -2.32. The van der Waals surface area contributed by atoms with Gasteiger partial charge in [-0.25, -0.2) is 16.8 Å². The average molecular weight is 291 g/mol. The van der Waals surface area contributed by atoms with E-state index in [1.807, 2.05) is 0 Å². The molecule has 1 aromatic carbocycles. The van der Waals surface area contributed by atoms with Gasteiger partial charge in [-0.3, -0.25) is 0 Å². The Balaban J connectivity index is 3.51. The summed E-state index contributed by atoms with van der Waals surface area (Å²) in [4.78, 5) is -0.0367. The second-order valence-electron chi connectivity index (χ2n) is 4.95. The first kappa shape index (κ1) is 15.1. The van der Waals surface area contributed by atoms with E-state index in [1.54, 1.807) is 18.2 Å². The fourth-order valence-electron chi connectivity index (χ4n) is 1.72. The molecule has 0 aliphatic rings. The first-order chi connectivity index (χ1) is 7.97. The van der Waals surface area contributed by atoms with E-state index in [9.17, 15) is 16.8 Å². The van der Waals surface area contributed by atoms with E-state index in [0.717, 1.165) is 6.26 Å². The molecule has 1 rings (SSSR count). The minimum absolute atomic E-state index is 0.0367. The van der Waals surface area contributed by atoms with Gasteiger partial charge in [0.1, 0.15) is 0 Å². The van der Waals surface area contributed by atoms with Gasteiger partial charge in [0.25, 0.3) is 10.0 Å². The maximum atomic E-state index is 12.4. The van der Waals surface area contributed by atoms with Crippen LogP contribution < -0.4 is 0 Å². The Kier molecular flexibility index (Phi) is 3.90. The Hall–Kier alpha value is -0.920. The molecule has 102 valence electrons. The van der Waals surface area contributed by atoms with Crippen molar-refractivity contribution in [3.05, 3.63) is 30.3 Å². The van der Waals surface area contributed by atoms with Crippen molar-refractivity contribution in [3.8, 4) is 0 Å². The highest BCUT2D eigenvalue weighted by molar-refractivity contribution is 8.03. The number of hydrogen-bond acceptors (Lipinski definition) is 4. The Morgan fingerprint density at radius 2 is 1.39 bits per heavy atom. The van der Waals surface area contributed by atoms with Crippen molar-refractivity contribution in [1.29, 1.82) is 0 Å². The van der Waals surface area contributed by atoms with E-state index < -0.39 is 25.6 Å². The van der Waals surface area contributed by atoms with Gasteiger partial charge in [0.15, 0.2) is 0 Å². The smallest absolute Gasteiger partial charge is 0.211 e. The van der Waals surface area contributed by atoms with Gasteiger partial charge in [-0.05, 0) is 32.9 Å². The molecule has 0 fully saturated rings. The number of nitrogens with zero attached hydrogens (tertiary/aromatic N) is 1. The third kappa shape index (κ3) is 3.09. The molecule has 0 saturated heterocycles. The molecule has 0 spiro atoms. The summed E-state index contributed by atoms with van der Waals surface area (Å²) in [5.41, 5.74) is -1.05. The Bertz CT molecular complexity index is 613. The molecule has 0 aliphatic heterocycles. The summed E-state index contributed by atoms with van der Waals surface area (Å²) in [7, 11) is -7.95. The lowest BCUT2D eigenvalue weighted by molar-refractivity contribution is 0.353. The van der Waals surface area contributed by atoms with Crippen molar-refractivity contribution in [2.75, 3.05) is 6.26 Å². The molecule has 0 radical (unpaired) electrons. The number of benzene rings is 1. The van der Waals surface area contributed by atoms with Gasteiger partial charge in [-0.1, -0.05) is 21.9 Å². The van der Waals surface area contributed by atoms with Crippen LogP contribution in [0.15, 0.2) is 35.2 Å². The monoisotopic (exact) mass is 291 g/mol. The molecule has 0 amide bonds. The van der Waals surface area contributed by atoms with Crippen molar-refractivity contribution in [2.45, 2.75) is 31.2 Å². The molecular weight excluding hydrogens is 274 g/mol. The van der Waals surface area contributed by atoms with Crippen LogP contribution in [0.5, 0.6) is 0 Å². The third-order valence-corrected chi connectivity index (χ3v) is 6.51. The summed E-state index contributed by atoms with van der Waals surface area (Å²) in [5.74, 6) is 0. The van der Waals surface area contributed by atoms with E-state index in [4.69, 9.17) is 0 Å². The van der Waals surface area contributed by atoms with Crippen LogP contribution in [0.25, 0.3) is 0 Å². The molecule has 0 heterocycles. The SMILES string of the molecule is CC(C)(C)N(S(C)(=O)=O)S(=O)(=O)c1ccccc1. The summed E-state index contributed by atoms with van der Waals surface area (Å²) in [6.07, 6.45) is 0.888. The number of hydrogen-bond donors (Lipinski definition) is 0. The average Bonchev–Trinajstić information content (AvgIpc) is 2.13. The highest BCUT2D eigenvalue weighted by Gasteiger charge is 2.41. The minimum atomic E-state index is -4.07. The fourth-order valence-corrected chi connectivity index (χ4v) is 5.82. The lowest BCUT2D eigenvalue weighted by Crippen LogP contribution is -2.48. The van der Waals surface area contributed by atoms with Gasteiger partial charge in [0.05, 0.1) is 11.2 Å². The lowest BCUT2D eigenvalue weighted by atomic mass is 10.1. The van der Waals surface area contributed by atoms with Crippen LogP contribution in [0.1, 0.15) is 20.8 Å². The first-order valence-corrected chi connectivity index (χ1v) is 8.57. The minimum Gasteiger partial charge on any atom is -0.211 e. The standard InChI is InChI=1S/C11H17NO4S2/c1-11(2,3)12(17(4,13)14)18(15,16)10-8-6-5-7-9-10/h5-9H,1-4H3. The normalized spacial score (nSPS) is 13.8. The molecule has 0 saturated carbocycles. The Morgan fingerprint density at radius 1 is 0.944 bits per heavy atom. The van der Waals surface area contributed by atoms with E-state index in [2.05, 4.69) is 0 Å². The van der Waals surface area contributed by atoms with Gasteiger partial charge in [0, 0.05) is 5.54 Å². The summed E-state index contributed by atoms with van der Waals surface area (Å²) >= 11 is 0. The fraction of sp³-hybridized carbons (Fsp3) is 0.455. The summed E-state index contributed by atoms with van der Waals surface area (Å²) in [6.45, 7) is 4.61. The van der Waals surface area contributed by atoms with E-state index in [-0.39, 0.29) is 4.90 Å². The zero-order valence-electron chi connectivity index (χ0n) is 10.8. The topological polar surface area (TPSA) is 71.5 Å². The molecule has 7 heteroatoms. The Morgan fingerprint density at radius 3 is 1.72 bits per heavy atom. The van der Waals surface area contributed by atoms with Crippen LogP contribution in [0.3, 0.4) is 0 Å². The van der Waals surface area contributed by atoms with Crippen molar-refractivity contribution in [2.24, 2.45) is 0 Å². The first-order valence-electron chi connectivity index (χ1n) is 5.28. The molecule has 0 aliphatic carbocycles. The van der Waals surface area contributed by atoms with Crippen molar-refractivity contribution in [3.63, 3.8) is 0 Å². The Labute approximate surface area is 109 Å². The molecule has 0 unspecified atom stereocenters. The maximum absolute atomic E-state index is 12.4. The third-order valence-electron chi connectivity index (χ3n) is 2.11. The summed E-state index contributed by atoms with van der Waals surface area (Å²) in [6, 6.07) is 7.52. The van der Waals surface area contributed by atoms with E-state index in [1.165, 1.54) is 32.9 Å². The van der Waals surface area contributed by atoms with Gasteiger partial charge in [-0.2, -0.15) is 0 Å². The second-order valence-corrected chi connectivity index (χ2v) is 8.80. The molecule has 0 atom stereocenters. The molecule has 1 aromatic rings. The van der Waals surface area contributed by atoms with Gasteiger partial charge < -0.3 is 0 Å². The highest BCUT2D eigenvalue weighted by atomic mass is 32.3. The maximum Gasteiger partial charge on any atom is 0.256 e. The molecular formula is C11H17NO4S2. The van der Waals surface area contributed by atoms with Crippen LogP contribution in [-0.2, 0) is 20.0 Å². The molecule has 0 aromatic heterocycles. The van der Waals surface area contributed by atoms with Gasteiger partial charge in [0.2, 0.25) is 10.0 Å². The van der Waals surface area contributed by atoms with Crippen molar-refractivity contribution in [1.82, 2.24) is 3.71 Å². The zero-order chi connectivity index (χ0) is 14.2. The summed E-state index contributed by atoms with van der Waals surface area (Å²) < 4.78 is 48.8. The van der Waals surface area contributed by atoms with Crippen LogP contribution in [0.4, 0.5) is 0 Å². The van der Waals surface area contributed by atoms with Crippen LogP contribution in [-0.4, -0.2) is 32.3 Å². The van der Waals surface area contributed by atoms with Crippen LogP contribution >= 0.6 is 0 Å². The zero-order valence-corrected chi connectivity index (χ0v) is 12.4. The van der Waals surface area contributed by atoms with Gasteiger partial charge in [-0.15, -0.1) is 0 Å². The quantitative estimate of drug-likeness (QED) is 0.844. The van der Waals surface area contributed by atoms with Crippen molar-refractivity contribution >= 4 is 20.0 Å². The highest BCUT2D eigenvalue weighted by Crippen LogP contribution is 2.27. The summed E-state index contributed by atoms with van der Waals surface area (Å²) in [5, 5.41) is 0. The van der Waals surface area contributed by atoms with E-state index in [0.29, 0.717) is 3.71 Å². The largest absolute Gasteiger partial charge is 0.256 e. The van der Waals surface area contributed by atoms with Gasteiger partial charge >= 0.3 is 0 Å². The molecule has 0 bridgehead atoms. The van der Waals surface area contributed by atoms with Crippen LogP contribution in [0.2, 0.25) is 0 Å². The van der Waals surface area contributed by atoms with E-state index >= 15 is 0 Å². The van der Waals surface area contributed by atoms with Crippen molar-refractivity contribution < 1.29 is 16.8 Å². The number of sulfonamides is 2. The van der Waals surface area contributed by atoms with Crippen LogP contribution in [0, 0.1) is 0 Å².